The maximum Gasteiger partial charge on any atom is 0.130 e. The predicted molar refractivity (Wildman–Crippen MR) is 63.6 cm³/mol. The Balaban J connectivity index is 2.21. The molecule has 0 aliphatic carbocycles. The number of rotatable bonds is 1. The molecule has 0 amide bonds. The zero-order chi connectivity index (χ0) is 11.5. The van der Waals surface area contributed by atoms with Crippen LogP contribution >= 0.6 is 11.8 Å². The van der Waals surface area contributed by atoms with E-state index < -0.39 is 11.6 Å². The molecule has 2 atom stereocenters. The molecule has 1 heterocycles. The lowest BCUT2D eigenvalue weighted by atomic mass is 10.1. The zero-order valence-corrected chi connectivity index (χ0v) is 9.99. The van der Waals surface area contributed by atoms with E-state index in [1.54, 1.807) is 6.07 Å². The third-order valence-corrected chi connectivity index (χ3v) is 3.90. The van der Waals surface area contributed by atoms with Crippen molar-refractivity contribution in [2.24, 2.45) is 0 Å². The summed E-state index contributed by atoms with van der Waals surface area (Å²) in [6, 6.07) is 4.19. The fourth-order valence-electron chi connectivity index (χ4n) is 1.90. The molecule has 16 heavy (non-hydrogen) atoms. The van der Waals surface area contributed by atoms with Gasteiger partial charge in [0.1, 0.15) is 11.6 Å². The summed E-state index contributed by atoms with van der Waals surface area (Å²) in [4.78, 5) is 0. The van der Waals surface area contributed by atoms with Crippen LogP contribution in [0.3, 0.4) is 0 Å². The lowest BCUT2D eigenvalue weighted by Crippen LogP contribution is -2.30. The van der Waals surface area contributed by atoms with Crippen molar-refractivity contribution in [1.82, 2.24) is 5.32 Å². The third-order valence-electron chi connectivity index (χ3n) is 2.80. The maximum absolute atomic E-state index is 13.6. The van der Waals surface area contributed by atoms with E-state index in [4.69, 9.17) is 0 Å². The summed E-state index contributed by atoms with van der Waals surface area (Å²) in [7, 11) is 0. The van der Waals surface area contributed by atoms with Crippen molar-refractivity contribution in [3.8, 4) is 0 Å². The van der Waals surface area contributed by atoms with Gasteiger partial charge in [0, 0.05) is 29.5 Å². The van der Waals surface area contributed by atoms with Crippen molar-refractivity contribution >= 4 is 11.8 Å². The Bertz CT molecular complexity index is 370. The van der Waals surface area contributed by atoms with Crippen LogP contribution in [0.5, 0.6) is 0 Å². The number of benzene rings is 1. The molecule has 1 aromatic rings. The van der Waals surface area contributed by atoms with Crippen LogP contribution in [-0.4, -0.2) is 17.5 Å². The van der Waals surface area contributed by atoms with E-state index in [0.717, 1.165) is 24.0 Å². The van der Waals surface area contributed by atoms with Crippen LogP contribution in [-0.2, 0) is 0 Å². The molecule has 1 aliphatic rings. The number of thioether (sulfide) groups is 1. The van der Waals surface area contributed by atoms with Gasteiger partial charge in [0.2, 0.25) is 0 Å². The Morgan fingerprint density at radius 3 is 2.94 bits per heavy atom. The van der Waals surface area contributed by atoms with Crippen molar-refractivity contribution < 1.29 is 8.78 Å². The second-order valence-electron chi connectivity index (χ2n) is 4.15. The Morgan fingerprint density at radius 1 is 1.38 bits per heavy atom. The van der Waals surface area contributed by atoms with E-state index in [0.29, 0.717) is 11.6 Å². The second-order valence-corrected chi connectivity index (χ2v) is 5.30. The van der Waals surface area contributed by atoms with E-state index in [1.165, 1.54) is 6.07 Å². The van der Waals surface area contributed by atoms with E-state index in [2.05, 4.69) is 12.2 Å². The summed E-state index contributed by atoms with van der Waals surface area (Å²) < 4.78 is 26.4. The van der Waals surface area contributed by atoms with Gasteiger partial charge in [-0.15, -0.1) is 0 Å². The normalized spacial score (nSPS) is 26.4. The molecule has 1 aliphatic heterocycles. The highest BCUT2D eigenvalue weighted by Gasteiger charge is 2.20. The van der Waals surface area contributed by atoms with E-state index in [1.807, 2.05) is 11.8 Å². The van der Waals surface area contributed by atoms with Crippen LogP contribution in [0.4, 0.5) is 8.78 Å². The lowest BCUT2D eigenvalue weighted by Gasteiger charge is -2.20. The highest BCUT2D eigenvalue weighted by Crippen LogP contribution is 2.25. The molecule has 2 unspecified atom stereocenters. The molecule has 0 radical (unpaired) electrons. The van der Waals surface area contributed by atoms with Gasteiger partial charge < -0.3 is 5.32 Å². The maximum atomic E-state index is 13.6. The number of nitrogens with one attached hydrogen (secondary N) is 1. The van der Waals surface area contributed by atoms with Crippen molar-refractivity contribution in [3.63, 3.8) is 0 Å². The third kappa shape index (κ3) is 2.74. The number of halogens is 2. The average molecular weight is 243 g/mol. The van der Waals surface area contributed by atoms with Gasteiger partial charge in [-0.3, -0.25) is 0 Å². The molecule has 1 fully saturated rings. The molecule has 0 bridgehead atoms. The first-order valence-corrected chi connectivity index (χ1v) is 6.61. The predicted octanol–water partition coefficient (Wildman–Crippen LogP) is 3.12. The molecule has 0 spiro atoms. The molecule has 2 rings (SSSR count). The van der Waals surface area contributed by atoms with Gasteiger partial charge >= 0.3 is 0 Å². The van der Waals surface area contributed by atoms with Crippen molar-refractivity contribution in [3.05, 3.63) is 35.4 Å². The SMILES string of the molecule is CC1CCSCC(c2ccc(F)cc2F)N1. The monoisotopic (exact) mass is 243 g/mol. The van der Waals surface area contributed by atoms with Crippen molar-refractivity contribution in [1.29, 1.82) is 0 Å². The van der Waals surface area contributed by atoms with Gasteiger partial charge in [-0.25, -0.2) is 8.78 Å². The fraction of sp³-hybridized carbons (Fsp3) is 0.500. The molecule has 1 saturated heterocycles. The topological polar surface area (TPSA) is 12.0 Å². The summed E-state index contributed by atoms with van der Waals surface area (Å²) in [6.07, 6.45) is 1.09. The van der Waals surface area contributed by atoms with Crippen molar-refractivity contribution in [2.75, 3.05) is 11.5 Å². The van der Waals surface area contributed by atoms with E-state index in [-0.39, 0.29) is 6.04 Å². The van der Waals surface area contributed by atoms with Gasteiger partial charge in [0.15, 0.2) is 0 Å². The molecule has 88 valence electrons. The van der Waals surface area contributed by atoms with Gasteiger partial charge in [-0.1, -0.05) is 6.07 Å². The largest absolute Gasteiger partial charge is 0.307 e. The van der Waals surface area contributed by atoms with Gasteiger partial charge in [-0.05, 0) is 25.2 Å². The summed E-state index contributed by atoms with van der Waals surface area (Å²) in [5.41, 5.74) is 0.572. The van der Waals surface area contributed by atoms with Gasteiger partial charge in [0.05, 0.1) is 0 Å². The fourth-order valence-corrected chi connectivity index (χ4v) is 3.10. The lowest BCUT2D eigenvalue weighted by molar-refractivity contribution is 0.465. The van der Waals surface area contributed by atoms with Gasteiger partial charge in [-0.2, -0.15) is 11.8 Å². The van der Waals surface area contributed by atoms with Crippen LogP contribution in [0.2, 0.25) is 0 Å². The highest BCUT2D eigenvalue weighted by molar-refractivity contribution is 7.99. The van der Waals surface area contributed by atoms with Crippen LogP contribution < -0.4 is 5.32 Å². The summed E-state index contributed by atoms with van der Waals surface area (Å²) >= 11 is 1.81. The van der Waals surface area contributed by atoms with E-state index >= 15 is 0 Å². The van der Waals surface area contributed by atoms with Gasteiger partial charge in [0.25, 0.3) is 0 Å². The quantitative estimate of drug-likeness (QED) is 0.813. The average Bonchev–Trinajstić information content (AvgIpc) is 2.43. The van der Waals surface area contributed by atoms with Crippen LogP contribution in [0.15, 0.2) is 18.2 Å². The first-order valence-electron chi connectivity index (χ1n) is 5.45. The second kappa shape index (κ2) is 5.15. The first-order chi connectivity index (χ1) is 7.66. The molecule has 1 N–H and O–H groups in total. The summed E-state index contributed by atoms with van der Waals surface area (Å²) in [5.74, 6) is 0.961. The molecular weight excluding hydrogens is 228 g/mol. The first kappa shape index (κ1) is 11.9. The minimum absolute atomic E-state index is 0.0110. The molecule has 0 saturated carbocycles. The number of hydrogen-bond donors (Lipinski definition) is 1. The summed E-state index contributed by atoms with van der Waals surface area (Å²) in [5, 5.41) is 3.37. The molecule has 1 aromatic carbocycles. The van der Waals surface area contributed by atoms with Crippen LogP contribution in [0.1, 0.15) is 24.9 Å². The molecular formula is C12H15F2NS. The minimum atomic E-state index is -0.518. The zero-order valence-electron chi connectivity index (χ0n) is 9.17. The minimum Gasteiger partial charge on any atom is -0.307 e. The number of hydrogen-bond acceptors (Lipinski definition) is 2. The van der Waals surface area contributed by atoms with Crippen LogP contribution in [0, 0.1) is 11.6 Å². The van der Waals surface area contributed by atoms with E-state index in [9.17, 15) is 8.78 Å². The standard InChI is InChI=1S/C12H15F2NS/c1-8-4-5-16-7-12(15-8)10-3-2-9(13)6-11(10)14/h2-3,6,8,12,15H,4-5,7H2,1H3. The Kier molecular flexibility index (Phi) is 3.82. The van der Waals surface area contributed by atoms with Crippen molar-refractivity contribution in [2.45, 2.75) is 25.4 Å². The Hall–Kier alpha value is -0.610. The molecule has 4 heteroatoms. The molecule has 1 nitrogen and oxygen atoms in total. The Labute approximate surface area is 98.6 Å². The molecule has 0 aromatic heterocycles. The van der Waals surface area contributed by atoms with Crippen LogP contribution in [0.25, 0.3) is 0 Å². The highest BCUT2D eigenvalue weighted by atomic mass is 32.2. The Morgan fingerprint density at radius 2 is 2.19 bits per heavy atom. The summed E-state index contributed by atoms with van der Waals surface area (Å²) in [6.45, 7) is 2.10. The smallest absolute Gasteiger partial charge is 0.130 e.